The van der Waals surface area contributed by atoms with Gasteiger partial charge in [0, 0.05) is 17.3 Å². The Morgan fingerprint density at radius 1 is 0.912 bits per heavy atom. The van der Waals surface area contributed by atoms with Crippen LogP contribution in [-0.4, -0.2) is 23.2 Å². The summed E-state index contributed by atoms with van der Waals surface area (Å²) in [5, 5.41) is 11.4. The summed E-state index contributed by atoms with van der Waals surface area (Å²) >= 11 is 12.0. The van der Waals surface area contributed by atoms with Crippen LogP contribution in [0.1, 0.15) is 17.2 Å². The minimum absolute atomic E-state index is 0.0223. The molecule has 0 spiro atoms. The van der Waals surface area contributed by atoms with Crippen molar-refractivity contribution in [3.8, 4) is 5.75 Å². The number of Topliss-reactive ketones (excluding diaryl/α,β-unsaturated/α-hetero) is 1. The van der Waals surface area contributed by atoms with Gasteiger partial charge < -0.3 is 9.84 Å². The fourth-order valence-corrected chi connectivity index (χ4v) is 3.98. The zero-order valence-corrected chi connectivity index (χ0v) is 18.5. The van der Waals surface area contributed by atoms with Crippen LogP contribution in [-0.2, 0) is 9.59 Å². The second-order valence-electron chi connectivity index (χ2n) is 7.25. The van der Waals surface area contributed by atoms with Gasteiger partial charge in [-0.3, -0.25) is 14.5 Å². The molecule has 3 aromatic carbocycles. The number of alkyl halides is 3. The number of nitrogens with zero attached hydrogens (tertiary/aromatic N) is 1. The number of ketones is 1. The van der Waals surface area contributed by atoms with E-state index in [1.54, 1.807) is 30.3 Å². The van der Waals surface area contributed by atoms with E-state index in [1.165, 1.54) is 30.3 Å². The number of halogens is 5. The van der Waals surface area contributed by atoms with Crippen molar-refractivity contribution in [3.05, 3.63) is 99.5 Å². The van der Waals surface area contributed by atoms with Crippen LogP contribution in [0.2, 0.25) is 10.0 Å². The van der Waals surface area contributed by atoms with Gasteiger partial charge in [0.2, 0.25) is 0 Å². The minimum atomic E-state index is -4.94. The Morgan fingerprint density at radius 2 is 1.62 bits per heavy atom. The van der Waals surface area contributed by atoms with E-state index in [-0.39, 0.29) is 26.9 Å². The number of hydrogen-bond donors (Lipinski definition) is 1. The summed E-state index contributed by atoms with van der Waals surface area (Å²) in [5.74, 6) is -3.11. The molecule has 174 valence electrons. The predicted octanol–water partition coefficient (Wildman–Crippen LogP) is 6.52. The second kappa shape index (κ2) is 9.04. The number of benzene rings is 3. The van der Waals surface area contributed by atoms with Gasteiger partial charge in [-0.25, -0.2) is 0 Å². The SMILES string of the molecule is O=C1C(=O)N(c2cccc(OC(F)(F)F)c2)C(c2ccccc2)/C1=C(\O)c1ccc(Cl)c(Cl)c1. The van der Waals surface area contributed by atoms with E-state index < -0.39 is 35.6 Å². The molecule has 0 aromatic heterocycles. The Balaban J connectivity index is 1.90. The Hall–Kier alpha value is -3.49. The van der Waals surface area contributed by atoms with Crippen LogP contribution in [0.3, 0.4) is 0 Å². The lowest BCUT2D eigenvalue weighted by atomic mass is 9.95. The molecule has 4 rings (SSSR count). The van der Waals surface area contributed by atoms with E-state index >= 15 is 0 Å². The fourth-order valence-electron chi connectivity index (χ4n) is 3.68. The van der Waals surface area contributed by atoms with E-state index in [1.807, 2.05) is 0 Å². The third kappa shape index (κ3) is 4.60. The summed E-state index contributed by atoms with van der Waals surface area (Å²) in [6.45, 7) is 0. The lowest BCUT2D eigenvalue weighted by Gasteiger charge is -2.26. The molecule has 0 radical (unpaired) electrons. The van der Waals surface area contributed by atoms with Gasteiger partial charge in [-0.15, -0.1) is 13.2 Å². The maximum Gasteiger partial charge on any atom is 0.573 e. The van der Waals surface area contributed by atoms with E-state index in [4.69, 9.17) is 23.2 Å². The Kier molecular flexibility index (Phi) is 6.29. The largest absolute Gasteiger partial charge is 0.573 e. The van der Waals surface area contributed by atoms with Crippen molar-refractivity contribution in [1.29, 1.82) is 0 Å². The molecular formula is C24H14Cl2F3NO4. The first kappa shape index (κ1) is 23.7. The number of aliphatic hydroxyl groups is 1. The second-order valence-corrected chi connectivity index (χ2v) is 8.07. The smallest absolute Gasteiger partial charge is 0.507 e. The lowest BCUT2D eigenvalue weighted by Crippen LogP contribution is -2.29. The fraction of sp³-hybridized carbons (Fsp3) is 0.0833. The highest BCUT2D eigenvalue weighted by atomic mass is 35.5. The highest BCUT2D eigenvalue weighted by molar-refractivity contribution is 6.51. The minimum Gasteiger partial charge on any atom is -0.507 e. The molecule has 1 unspecified atom stereocenters. The van der Waals surface area contributed by atoms with Crippen molar-refractivity contribution in [1.82, 2.24) is 0 Å². The summed E-state index contributed by atoms with van der Waals surface area (Å²) in [7, 11) is 0. The highest BCUT2D eigenvalue weighted by Crippen LogP contribution is 2.43. The molecular weight excluding hydrogens is 494 g/mol. The average Bonchev–Trinajstić information content (AvgIpc) is 3.05. The van der Waals surface area contributed by atoms with Crippen LogP contribution in [0.25, 0.3) is 5.76 Å². The summed E-state index contributed by atoms with van der Waals surface area (Å²) < 4.78 is 42.2. The predicted molar refractivity (Wildman–Crippen MR) is 121 cm³/mol. The van der Waals surface area contributed by atoms with Gasteiger partial charge >= 0.3 is 6.36 Å². The summed E-state index contributed by atoms with van der Waals surface area (Å²) in [6.07, 6.45) is -4.94. The molecule has 5 nitrogen and oxygen atoms in total. The van der Waals surface area contributed by atoms with E-state index in [2.05, 4.69) is 4.74 Å². The molecule has 3 aromatic rings. The van der Waals surface area contributed by atoms with Crippen LogP contribution in [0.4, 0.5) is 18.9 Å². The monoisotopic (exact) mass is 507 g/mol. The quantitative estimate of drug-likeness (QED) is 0.248. The molecule has 10 heteroatoms. The maximum atomic E-state index is 13.1. The van der Waals surface area contributed by atoms with Gasteiger partial charge in [0.25, 0.3) is 11.7 Å². The van der Waals surface area contributed by atoms with Crippen LogP contribution < -0.4 is 9.64 Å². The van der Waals surface area contributed by atoms with Gasteiger partial charge in [-0.1, -0.05) is 59.6 Å². The van der Waals surface area contributed by atoms with Crippen molar-refractivity contribution >= 4 is 46.3 Å². The molecule has 1 aliphatic rings. The van der Waals surface area contributed by atoms with E-state index in [9.17, 15) is 27.9 Å². The molecule has 1 N–H and O–H groups in total. The van der Waals surface area contributed by atoms with Crippen molar-refractivity contribution in [2.75, 3.05) is 4.90 Å². The van der Waals surface area contributed by atoms with Crippen LogP contribution >= 0.6 is 23.2 Å². The first-order chi connectivity index (χ1) is 16.1. The van der Waals surface area contributed by atoms with Gasteiger partial charge in [0.1, 0.15) is 11.5 Å². The van der Waals surface area contributed by atoms with E-state index in [0.717, 1.165) is 17.0 Å². The molecule has 1 fully saturated rings. The number of aliphatic hydroxyl groups excluding tert-OH is 1. The number of ether oxygens (including phenoxy) is 1. The highest BCUT2D eigenvalue weighted by Gasteiger charge is 2.47. The molecule has 0 aliphatic carbocycles. The summed E-state index contributed by atoms with van der Waals surface area (Å²) in [4.78, 5) is 27.2. The van der Waals surface area contributed by atoms with Gasteiger partial charge in [0.05, 0.1) is 21.7 Å². The van der Waals surface area contributed by atoms with Gasteiger partial charge in [-0.05, 0) is 35.9 Å². The normalized spacial score (nSPS) is 17.8. The first-order valence-corrected chi connectivity index (χ1v) is 10.5. The Labute approximate surface area is 201 Å². The topological polar surface area (TPSA) is 66.8 Å². The number of anilines is 1. The molecule has 34 heavy (non-hydrogen) atoms. The summed E-state index contributed by atoms with van der Waals surface area (Å²) in [5.41, 5.74) is 0.315. The summed E-state index contributed by atoms with van der Waals surface area (Å²) in [6, 6.07) is 16.0. The van der Waals surface area contributed by atoms with Crippen molar-refractivity contribution in [3.63, 3.8) is 0 Å². The molecule has 1 heterocycles. The number of amides is 1. The zero-order chi connectivity index (χ0) is 24.6. The van der Waals surface area contributed by atoms with Crippen molar-refractivity contribution in [2.24, 2.45) is 0 Å². The first-order valence-electron chi connectivity index (χ1n) is 9.74. The number of rotatable bonds is 4. The number of carbonyl (C=O) groups excluding carboxylic acids is 2. The van der Waals surface area contributed by atoms with E-state index in [0.29, 0.717) is 5.56 Å². The molecule has 1 amide bonds. The van der Waals surface area contributed by atoms with Gasteiger partial charge in [0.15, 0.2) is 0 Å². The Bertz CT molecular complexity index is 1310. The van der Waals surface area contributed by atoms with Crippen molar-refractivity contribution in [2.45, 2.75) is 12.4 Å². The molecule has 1 atom stereocenters. The molecule has 0 bridgehead atoms. The average molecular weight is 508 g/mol. The molecule has 1 saturated heterocycles. The maximum absolute atomic E-state index is 13.1. The number of hydrogen-bond acceptors (Lipinski definition) is 4. The van der Waals surface area contributed by atoms with Crippen LogP contribution in [0.15, 0.2) is 78.4 Å². The third-order valence-corrected chi connectivity index (χ3v) is 5.82. The van der Waals surface area contributed by atoms with Crippen LogP contribution in [0, 0.1) is 0 Å². The van der Waals surface area contributed by atoms with Gasteiger partial charge in [-0.2, -0.15) is 0 Å². The Morgan fingerprint density at radius 3 is 2.26 bits per heavy atom. The van der Waals surface area contributed by atoms with Crippen LogP contribution in [0.5, 0.6) is 5.75 Å². The number of carbonyl (C=O) groups is 2. The third-order valence-electron chi connectivity index (χ3n) is 5.08. The standard InChI is InChI=1S/C24H14Cl2F3NO4/c25-17-10-9-14(11-18(17)26)21(31)19-20(13-5-2-1-3-6-13)30(23(33)22(19)32)15-7-4-8-16(12-15)34-24(27,28)29/h1-12,20,31H/b21-19+. The molecule has 0 saturated carbocycles. The lowest BCUT2D eigenvalue weighted by molar-refractivity contribution is -0.274. The molecule has 1 aliphatic heterocycles. The zero-order valence-electron chi connectivity index (χ0n) is 17.0. The van der Waals surface area contributed by atoms with Crippen molar-refractivity contribution < 1.29 is 32.6 Å².